The van der Waals surface area contributed by atoms with Crippen molar-refractivity contribution in [2.75, 3.05) is 18.1 Å². The fourth-order valence-electron chi connectivity index (χ4n) is 2.87. The second kappa shape index (κ2) is 6.92. The number of hydrogen-bond acceptors (Lipinski definition) is 4. The number of ether oxygens (including phenoxy) is 1. The van der Waals surface area contributed by atoms with Crippen LogP contribution in [0.5, 0.6) is 5.75 Å². The van der Waals surface area contributed by atoms with Gasteiger partial charge in [0.1, 0.15) is 5.75 Å². The number of hydrogen-bond donors (Lipinski definition) is 1. The van der Waals surface area contributed by atoms with Gasteiger partial charge < -0.3 is 10.1 Å². The van der Waals surface area contributed by atoms with Crippen LogP contribution in [0.15, 0.2) is 12.1 Å². The highest BCUT2D eigenvalue weighted by Crippen LogP contribution is 2.32. The lowest BCUT2D eigenvalue weighted by Gasteiger charge is -2.24. The quantitative estimate of drug-likeness (QED) is 0.861. The van der Waals surface area contributed by atoms with E-state index in [1.165, 1.54) is 0 Å². The number of carbonyl (C=O) groups excluding carboxylic acids is 1. The Morgan fingerprint density at radius 2 is 2.08 bits per heavy atom. The smallest absolute Gasteiger partial charge is 0.258 e. The zero-order chi connectivity index (χ0) is 18.1. The molecule has 1 aromatic rings. The molecule has 0 saturated carbocycles. The predicted molar refractivity (Wildman–Crippen MR) is 95.6 cm³/mol. The zero-order valence-corrected chi connectivity index (χ0v) is 16.1. The Morgan fingerprint density at radius 3 is 2.62 bits per heavy atom. The van der Waals surface area contributed by atoms with Crippen molar-refractivity contribution < 1.29 is 17.9 Å². The molecule has 5 nitrogen and oxygen atoms in total. The third-order valence-corrected chi connectivity index (χ3v) is 6.53. The van der Waals surface area contributed by atoms with E-state index < -0.39 is 15.4 Å². The van der Waals surface area contributed by atoms with E-state index in [-0.39, 0.29) is 29.9 Å². The van der Waals surface area contributed by atoms with Crippen LogP contribution in [-0.4, -0.2) is 38.0 Å². The van der Waals surface area contributed by atoms with Crippen LogP contribution in [0.2, 0.25) is 5.02 Å². The average Bonchev–Trinajstić information content (AvgIpc) is 2.72. The fourth-order valence-corrected chi connectivity index (χ4v) is 5.14. The van der Waals surface area contributed by atoms with Crippen molar-refractivity contribution in [2.24, 2.45) is 0 Å². The van der Waals surface area contributed by atoms with Crippen LogP contribution < -0.4 is 10.1 Å². The number of carbonyl (C=O) groups is 1. The fraction of sp³-hybridized carbons (Fsp3) is 0.588. The molecule has 1 aliphatic rings. The van der Waals surface area contributed by atoms with Gasteiger partial charge in [-0.3, -0.25) is 4.79 Å². The maximum absolute atomic E-state index is 12.2. The van der Waals surface area contributed by atoms with Gasteiger partial charge in [-0.1, -0.05) is 25.4 Å². The Hall–Kier alpha value is -1.27. The summed E-state index contributed by atoms with van der Waals surface area (Å²) >= 11 is 6.16. The minimum absolute atomic E-state index is 0.0248. The van der Waals surface area contributed by atoms with Crippen LogP contribution in [0.25, 0.3) is 0 Å². The summed E-state index contributed by atoms with van der Waals surface area (Å²) in [6.45, 7) is 7.53. The highest BCUT2D eigenvalue weighted by molar-refractivity contribution is 7.91. The molecule has 24 heavy (non-hydrogen) atoms. The number of sulfone groups is 1. The lowest BCUT2D eigenvalue weighted by Crippen LogP contribution is -2.48. The Balaban J connectivity index is 2.03. The van der Waals surface area contributed by atoms with Crippen molar-refractivity contribution in [1.82, 2.24) is 5.32 Å². The van der Waals surface area contributed by atoms with Gasteiger partial charge in [0.15, 0.2) is 16.4 Å². The van der Waals surface area contributed by atoms with Crippen molar-refractivity contribution in [2.45, 2.75) is 45.6 Å². The maximum Gasteiger partial charge on any atom is 0.258 e. The van der Waals surface area contributed by atoms with Gasteiger partial charge in [0, 0.05) is 5.02 Å². The van der Waals surface area contributed by atoms with Gasteiger partial charge in [-0.25, -0.2) is 8.42 Å². The minimum atomic E-state index is -3.07. The normalized spacial score (nSPS) is 22.6. The molecule has 1 aliphatic heterocycles. The summed E-state index contributed by atoms with van der Waals surface area (Å²) in [6.07, 6.45) is 0.429. The Labute approximate surface area is 148 Å². The number of rotatable bonds is 5. The first-order valence-electron chi connectivity index (χ1n) is 7.96. The van der Waals surface area contributed by atoms with Gasteiger partial charge >= 0.3 is 0 Å². The highest BCUT2D eigenvalue weighted by Gasteiger charge is 2.39. The number of nitrogens with one attached hydrogen (secondary N) is 1. The first-order valence-corrected chi connectivity index (χ1v) is 10.2. The SMILES string of the molecule is Cc1cc(OCC(=O)NC2(C)CCS(=O)(=O)C2)c(C(C)C)cc1Cl. The van der Waals surface area contributed by atoms with Crippen LogP contribution in [0.3, 0.4) is 0 Å². The molecular weight excluding hydrogens is 350 g/mol. The van der Waals surface area contributed by atoms with Crippen molar-refractivity contribution in [3.05, 3.63) is 28.3 Å². The molecule has 1 heterocycles. The summed E-state index contributed by atoms with van der Waals surface area (Å²) < 4.78 is 28.9. The first kappa shape index (κ1) is 19.1. The van der Waals surface area contributed by atoms with E-state index >= 15 is 0 Å². The van der Waals surface area contributed by atoms with Gasteiger partial charge in [0.25, 0.3) is 5.91 Å². The zero-order valence-electron chi connectivity index (χ0n) is 14.5. The molecule has 134 valence electrons. The van der Waals surface area contributed by atoms with Crippen LogP contribution in [0.1, 0.15) is 44.2 Å². The number of benzene rings is 1. The Kier molecular flexibility index (Phi) is 5.50. The summed E-state index contributed by atoms with van der Waals surface area (Å²) in [5.74, 6) is 0.600. The first-order chi connectivity index (χ1) is 11.0. The number of amides is 1. The third-order valence-electron chi connectivity index (χ3n) is 4.22. The molecule has 1 N–H and O–H groups in total. The summed E-state index contributed by atoms with van der Waals surface area (Å²) in [5, 5.41) is 3.45. The van der Waals surface area contributed by atoms with Crippen molar-refractivity contribution in [1.29, 1.82) is 0 Å². The largest absolute Gasteiger partial charge is 0.483 e. The second-order valence-corrected chi connectivity index (χ2v) is 9.62. The molecule has 1 aromatic carbocycles. The molecule has 0 spiro atoms. The van der Waals surface area contributed by atoms with E-state index in [0.29, 0.717) is 17.2 Å². The van der Waals surface area contributed by atoms with E-state index in [0.717, 1.165) is 11.1 Å². The van der Waals surface area contributed by atoms with Crippen molar-refractivity contribution in [3.8, 4) is 5.75 Å². The molecule has 1 amide bonds. The molecule has 7 heteroatoms. The standard InChI is InChI=1S/C17H24ClNO4S/c1-11(2)13-8-14(18)12(3)7-15(13)23-9-16(20)19-17(4)5-6-24(21,22)10-17/h7-8,11H,5-6,9-10H2,1-4H3,(H,19,20). The summed E-state index contributed by atoms with van der Waals surface area (Å²) in [4.78, 5) is 12.2. The van der Waals surface area contributed by atoms with Gasteiger partial charge in [-0.2, -0.15) is 0 Å². The van der Waals surface area contributed by atoms with Crippen LogP contribution in [0, 0.1) is 6.92 Å². The van der Waals surface area contributed by atoms with Crippen LogP contribution in [-0.2, 0) is 14.6 Å². The van der Waals surface area contributed by atoms with E-state index in [9.17, 15) is 13.2 Å². The molecule has 1 saturated heterocycles. The van der Waals surface area contributed by atoms with Crippen molar-refractivity contribution >= 4 is 27.3 Å². The maximum atomic E-state index is 12.2. The average molecular weight is 374 g/mol. The molecule has 0 radical (unpaired) electrons. The molecule has 1 atom stereocenters. The molecule has 0 aliphatic carbocycles. The van der Waals surface area contributed by atoms with Gasteiger partial charge in [0.2, 0.25) is 0 Å². The lowest BCUT2D eigenvalue weighted by molar-refractivity contribution is -0.124. The molecule has 0 aromatic heterocycles. The van der Waals surface area contributed by atoms with E-state index in [1.54, 1.807) is 6.92 Å². The summed E-state index contributed by atoms with van der Waals surface area (Å²) in [6, 6.07) is 3.69. The molecule has 2 rings (SSSR count). The number of aryl methyl sites for hydroxylation is 1. The van der Waals surface area contributed by atoms with E-state index in [1.807, 2.05) is 32.9 Å². The Morgan fingerprint density at radius 1 is 1.42 bits per heavy atom. The van der Waals surface area contributed by atoms with Crippen LogP contribution in [0.4, 0.5) is 0 Å². The molecular formula is C17H24ClNO4S. The minimum Gasteiger partial charge on any atom is -0.483 e. The van der Waals surface area contributed by atoms with Gasteiger partial charge in [0.05, 0.1) is 17.0 Å². The molecule has 1 fully saturated rings. The summed E-state index contributed by atoms with van der Waals surface area (Å²) in [7, 11) is -3.07. The Bertz CT molecular complexity index is 745. The van der Waals surface area contributed by atoms with Crippen LogP contribution >= 0.6 is 11.6 Å². The van der Waals surface area contributed by atoms with E-state index in [4.69, 9.17) is 16.3 Å². The topological polar surface area (TPSA) is 72.5 Å². The molecule has 0 bridgehead atoms. The summed E-state index contributed by atoms with van der Waals surface area (Å²) in [5.41, 5.74) is 1.11. The highest BCUT2D eigenvalue weighted by atomic mass is 35.5. The van der Waals surface area contributed by atoms with Gasteiger partial charge in [-0.05, 0) is 49.4 Å². The molecule has 1 unspecified atom stereocenters. The van der Waals surface area contributed by atoms with E-state index in [2.05, 4.69) is 5.32 Å². The van der Waals surface area contributed by atoms with Crippen molar-refractivity contribution in [3.63, 3.8) is 0 Å². The number of halogens is 1. The second-order valence-electron chi connectivity index (χ2n) is 7.03. The predicted octanol–water partition coefficient (Wildman–Crippen LogP) is 2.84. The third kappa shape index (κ3) is 4.63. The monoisotopic (exact) mass is 373 g/mol. The van der Waals surface area contributed by atoms with Gasteiger partial charge in [-0.15, -0.1) is 0 Å². The lowest BCUT2D eigenvalue weighted by atomic mass is 10.0.